The third-order valence-electron chi connectivity index (χ3n) is 3.64. The topological polar surface area (TPSA) is 40.5 Å². The summed E-state index contributed by atoms with van der Waals surface area (Å²) in [5.74, 6) is -0.934. The van der Waals surface area contributed by atoms with E-state index in [1.807, 2.05) is 6.07 Å². The molecule has 0 spiro atoms. The number of likely N-dealkylation sites (tertiary alicyclic amines) is 1. The van der Waals surface area contributed by atoms with Crippen molar-refractivity contribution in [1.29, 1.82) is 0 Å². The lowest BCUT2D eigenvalue weighted by Gasteiger charge is -2.23. The fourth-order valence-corrected chi connectivity index (χ4v) is 2.83. The van der Waals surface area contributed by atoms with Gasteiger partial charge in [-0.15, -0.1) is 0 Å². The molecule has 1 saturated heterocycles. The first kappa shape index (κ1) is 13.4. The van der Waals surface area contributed by atoms with Gasteiger partial charge in [0.2, 0.25) is 0 Å². The Morgan fingerprint density at radius 3 is 2.94 bits per heavy atom. The van der Waals surface area contributed by atoms with Crippen LogP contribution in [0.1, 0.15) is 42.1 Å². The van der Waals surface area contributed by atoms with Gasteiger partial charge >= 0.3 is 5.97 Å². The average molecular weight is 268 g/mol. The van der Waals surface area contributed by atoms with Gasteiger partial charge in [0.25, 0.3) is 0 Å². The van der Waals surface area contributed by atoms with E-state index in [1.54, 1.807) is 6.07 Å². The van der Waals surface area contributed by atoms with E-state index in [1.165, 1.54) is 18.9 Å². The Morgan fingerprint density at radius 1 is 1.56 bits per heavy atom. The number of hydrogen-bond donors (Lipinski definition) is 1. The van der Waals surface area contributed by atoms with Gasteiger partial charge in [-0.25, -0.2) is 4.79 Å². The minimum Gasteiger partial charge on any atom is -0.478 e. The van der Waals surface area contributed by atoms with Crippen molar-refractivity contribution in [2.75, 3.05) is 6.54 Å². The van der Waals surface area contributed by atoms with E-state index in [0.717, 1.165) is 25.1 Å². The van der Waals surface area contributed by atoms with Gasteiger partial charge in [-0.2, -0.15) is 0 Å². The molecule has 0 amide bonds. The van der Waals surface area contributed by atoms with Gasteiger partial charge in [-0.05, 0) is 43.5 Å². The third kappa shape index (κ3) is 2.85. The number of carboxylic acids is 1. The first-order valence-electron chi connectivity index (χ1n) is 6.37. The Balaban J connectivity index is 2.12. The van der Waals surface area contributed by atoms with Crippen LogP contribution in [0.15, 0.2) is 18.2 Å². The predicted octanol–water partition coefficient (Wildman–Crippen LogP) is 3.41. The lowest BCUT2D eigenvalue weighted by molar-refractivity contribution is 0.0697. The van der Waals surface area contributed by atoms with Crippen molar-refractivity contribution in [3.8, 4) is 0 Å². The van der Waals surface area contributed by atoms with Gasteiger partial charge in [0.15, 0.2) is 0 Å². The highest BCUT2D eigenvalue weighted by Crippen LogP contribution is 2.25. The largest absolute Gasteiger partial charge is 0.478 e. The lowest BCUT2D eigenvalue weighted by atomic mass is 10.1. The van der Waals surface area contributed by atoms with Crippen LogP contribution in [0.25, 0.3) is 0 Å². The molecule has 18 heavy (non-hydrogen) atoms. The van der Waals surface area contributed by atoms with Crippen LogP contribution >= 0.6 is 11.6 Å². The van der Waals surface area contributed by atoms with Crippen molar-refractivity contribution in [1.82, 2.24) is 4.90 Å². The standard InChI is InChI=1S/C14H18ClNO2/c1-2-12-4-3-7-16(12)9-11-6-5-10(14(17)18)8-13(11)15/h5-6,8,12H,2-4,7,9H2,1H3,(H,17,18). The van der Waals surface area contributed by atoms with Crippen molar-refractivity contribution in [3.63, 3.8) is 0 Å². The molecular weight excluding hydrogens is 250 g/mol. The molecule has 2 rings (SSSR count). The quantitative estimate of drug-likeness (QED) is 0.909. The number of rotatable bonds is 4. The molecular formula is C14H18ClNO2. The fourth-order valence-electron chi connectivity index (χ4n) is 2.59. The molecule has 0 radical (unpaired) electrons. The number of hydrogen-bond acceptors (Lipinski definition) is 2. The second kappa shape index (κ2) is 5.72. The van der Waals surface area contributed by atoms with Crippen LogP contribution in [0, 0.1) is 0 Å². The highest BCUT2D eigenvalue weighted by molar-refractivity contribution is 6.31. The number of carbonyl (C=O) groups is 1. The van der Waals surface area contributed by atoms with Gasteiger partial charge in [0, 0.05) is 17.6 Å². The Bertz CT molecular complexity index is 447. The van der Waals surface area contributed by atoms with E-state index in [0.29, 0.717) is 11.1 Å². The number of halogens is 1. The first-order chi connectivity index (χ1) is 8.61. The summed E-state index contributed by atoms with van der Waals surface area (Å²) in [7, 11) is 0. The minimum atomic E-state index is -0.934. The van der Waals surface area contributed by atoms with E-state index in [4.69, 9.17) is 16.7 Å². The molecule has 4 heteroatoms. The average Bonchev–Trinajstić information content (AvgIpc) is 2.78. The van der Waals surface area contributed by atoms with Gasteiger partial charge < -0.3 is 5.11 Å². The normalized spacial score (nSPS) is 20.2. The molecule has 1 N–H and O–H groups in total. The summed E-state index contributed by atoms with van der Waals surface area (Å²) in [6.45, 7) is 4.13. The number of nitrogens with zero attached hydrogens (tertiary/aromatic N) is 1. The minimum absolute atomic E-state index is 0.247. The molecule has 1 fully saturated rings. The maximum Gasteiger partial charge on any atom is 0.335 e. The summed E-state index contributed by atoms with van der Waals surface area (Å²) in [4.78, 5) is 13.3. The molecule has 1 aliphatic rings. The zero-order valence-electron chi connectivity index (χ0n) is 10.5. The van der Waals surface area contributed by atoms with Crippen molar-refractivity contribution >= 4 is 17.6 Å². The predicted molar refractivity (Wildman–Crippen MR) is 72.1 cm³/mol. The van der Waals surface area contributed by atoms with Crippen molar-refractivity contribution in [2.45, 2.75) is 38.8 Å². The fraction of sp³-hybridized carbons (Fsp3) is 0.500. The van der Waals surface area contributed by atoms with Crippen LogP contribution in [0.3, 0.4) is 0 Å². The highest BCUT2D eigenvalue weighted by atomic mass is 35.5. The summed E-state index contributed by atoms with van der Waals surface area (Å²) in [6.07, 6.45) is 3.65. The second-order valence-electron chi connectivity index (χ2n) is 4.79. The van der Waals surface area contributed by atoms with Crippen molar-refractivity contribution < 1.29 is 9.90 Å². The molecule has 1 heterocycles. The molecule has 0 aliphatic carbocycles. The summed E-state index contributed by atoms with van der Waals surface area (Å²) in [5, 5.41) is 9.45. The molecule has 98 valence electrons. The smallest absolute Gasteiger partial charge is 0.335 e. The van der Waals surface area contributed by atoms with E-state index in [-0.39, 0.29) is 5.56 Å². The van der Waals surface area contributed by atoms with Gasteiger partial charge in [-0.1, -0.05) is 24.6 Å². The molecule has 1 aliphatic heterocycles. The lowest BCUT2D eigenvalue weighted by Crippen LogP contribution is -2.28. The van der Waals surface area contributed by atoms with E-state index in [2.05, 4.69) is 11.8 Å². The third-order valence-corrected chi connectivity index (χ3v) is 4.00. The number of carboxylic acid groups (broad SMARTS) is 1. The molecule has 1 unspecified atom stereocenters. The van der Waals surface area contributed by atoms with E-state index < -0.39 is 5.97 Å². The summed E-state index contributed by atoms with van der Waals surface area (Å²) >= 11 is 6.15. The maximum absolute atomic E-state index is 10.8. The number of aromatic carboxylic acids is 1. The van der Waals surface area contributed by atoms with Crippen LogP contribution in [-0.4, -0.2) is 28.6 Å². The van der Waals surface area contributed by atoms with Gasteiger partial charge in [0.05, 0.1) is 5.56 Å². The van der Waals surface area contributed by atoms with Gasteiger partial charge in [0.1, 0.15) is 0 Å². The Labute approximate surface area is 112 Å². The summed E-state index contributed by atoms with van der Waals surface area (Å²) in [6, 6.07) is 5.63. The highest BCUT2D eigenvalue weighted by Gasteiger charge is 2.23. The Kier molecular flexibility index (Phi) is 4.25. The SMILES string of the molecule is CCC1CCCN1Cc1ccc(C(=O)O)cc1Cl. The van der Waals surface area contributed by atoms with Crippen LogP contribution in [0.4, 0.5) is 0 Å². The number of benzene rings is 1. The molecule has 0 bridgehead atoms. The maximum atomic E-state index is 10.8. The summed E-state index contributed by atoms with van der Waals surface area (Å²) in [5.41, 5.74) is 1.26. The van der Waals surface area contributed by atoms with Crippen LogP contribution in [0.5, 0.6) is 0 Å². The van der Waals surface area contributed by atoms with Gasteiger partial charge in [-0.3, -0.25) is 4.90 Å². The van der Waals surface area contributed by atoms with E-state index >= 15 is 0 Å². The van der Waals surface area contributed by atoms with Crippen LogP contribution in [-0.2, 0) is 6.54 Å². The first-order valence-corrected chi connectivity index (χ1v) is 6.75. The second-order valence-corrected chi connectivity index (χ2v) is 5.19. The molecule has 1 aromatic carbocycles. The molecule has 3 nitrogen and oxygen atoms in total. The Hall–Kier alpha value is -1.06. The zero-order valence-corrected chi connectivity index (χ0v) is 11.3. The van der Waals surface area contributed by atoms with Crippen LogP contribution < -0.4 is 0 Å². The molecule has 0 aromatic heterocycles. The van der Waals surface area contributed by atoms with Crippen molar-refractivity contribution in [3.05, 3.63) is 34.3 Å². The molecule has 0 saturated carbocycles. The molecule has 1 atom stereocenters. The zero-order chi connectivity index (χ0) is 13.1. The van der Waals surface area contributed by atoms with Crippen LogP contribution in [0.2, 0.25) is 5.02 Å². The van der Waals surface area contributed by atoms with E-state index in [9.17, 15) is 4.79 Å². The monoisotopic (exact) mass is 267 g/mol. The van der Waals surface area contributed by atoms with Crippen molar-refractivity contribution in [2.24, 2.45) is 0 Å². The summed E-state index contributed by atoms with van der Waals surface area (Å²) < 4.78 is 0. The Morgan fingerprint density at radius 2 is 2.33 bits per heavy atom. The molecule has 1 aromatic rings.